The highest BCUT2D eigenvalue weighted by molar-refractivity contribution is 6.11. The summed E-state index contributed by atoms with van der Waals surface area (Å²) in [4.78, 5) is 33.8. The predicted molar refractivity (Wildman–Crippen MR) is 128 cm³/mol. The van der Waals surface area contributed by atoms with Gasteiger partial charge in [0.25, 0.3) is 5.56 Å². The number of hydrogen-bond acceptors (Lipinski definition) is 3. The van der Waals surface area contributed by atoms with E-state index in [-0.39, 0.29) is 47.7 Å². The van der Waals surface area contributed by atoms with E-state index in [1.807, 2.05) is 30.3 Å². The Labute approximate surface area is 215 Å². The van der Waals surface area contributed by atoms with Gasteiger partial charge < -0.3 is 34.3 Å². The lowest BCUT2D eigenvalue weighted by Crippen LogP contribution is -3.00. The minimum atomic E-state index is -0.359. The fraction of sp³-hybridized carbons (Fsp3) is 0.0769. The van der Waals surface area contributed by atoms with E-state index in [0.717, 1.165) is 21.8 Å². The standard InChI is InChI=1S/C26H18FN5O2.HI/c27-16-4-3-11-31(15-16)12-10-23(33)28-17-7-8-22-20(14-17)26(34)32-13-9-19-18-5-1-2-6-21(18)29-24(19)25(32)30-22;/h1-9,11,13-15H,10,12H2,(H-,28,29,30,33,34);1H. The Kier molecular flexibility index (Phi) is 5.93. The SMILES string of the molecule is O=C(CC[n+]1cccc(F)c1)Nc1ccc2nc3c4[nH]c5ccccc5c4ccn3c(=O)c2c1.[I-]. The van der Waals surface area contributed by atoms with Crippen molar-refractivity contribution in [3.05, 3.63) is 95.4 Å². The number of carbonyl (C=O) groups is 1. The Morgan fingerprint density at radius 3 is 2.77 bits per heavy atom. The molecule has 4 aromatic heterocycles. The number of aromatic amines is 1. The maximum atomic E-state index is 13.3. The van der Waals surface area contributed by atoms with Crippen LogP contribution in [0.25, 0.3) is 38.4 Å². The Hall–Kier alpha value is -3.86. The first-order chi connectivity index (χ1) is 16.6. The van der Waals surface area contributed by atoms with Gasteiger partial charge in [0, 0.05) is 34.2 Å². The minimum absolute atomic E-state index is 0. The maximum Gasteiger partial charge on any atom is 0.265 e. The molecule has 0 aliphatic rings. The zero-order chi connectivity index (χ0) is 23.2. The molecule has 0 unspecified atom stereocenters. The van der Waals surface area contributed by atoms with E-state index >= 15 is 0 Å². The molecule has 174 valence electrons. The molecule has 0 aliphatic carbocycles. The number of anilines is 1. The van der Waals surface area contributed by atoms with E-state index in [4.69, 9.17) is 4.98 Å². The zero-order valence-electron chi connectivity index (χ0n) is 18.3. The molecule has 0 radical (unpaired) electrons. The van der Waals surface area contributed by atoms with Crippen molar-refractivity contribution in [2.24, 2.45) is 0 Å². The number of aryl methyl sites for hydroxylation is 1. The van der Waals surface area contributed by atoms with Crippen molar-refractivity contribution in [1.29, 1.82) is 0 Å². The molecule has 0 spiro atoms. The van der Waals surface area contributed by atoms with Gasteiger partial charge in [-0.3, -0.25) is 14.0 Å². The predicted octanol–water partition coefficient (Wildman–Crippen LogP) is 0.942. The van der Waals surface area contributed by atoms with Crippen molar-refractivity contribution in [3.8, 4) is 0 Å². The van der Waals surface area contributed by atoms with Gasteiger partial charge in [-0.15, -0.1) is 0 Å². The third-order valence-corrected chi connectivity index (χ3v) is 5.96. The normalized spacial score (nSPS) is 11.2. The summed E-state index contributed by atoms with van der Waals surface area (Å²) in [7, 11) is 0. The molecule has 1 amide bonds. The number of pyridine rings is 2. The topological polar surface area (TPSA) is 83.1 Å². The van der Waals surface area contributed by atoms with E-state index in [1.54, 1.807) is 41.2 Å². The summed E-state index contributed by atoms with van der Waals surface area (Å²) in [5.74, 6) is -0.591. The molecule has 0 saturated heterocycles. The number of nitrogens with one attached hydrogen (secondary N) is 2. The molecule has 0 fully saturated rings. The summed E-state index contributed by atoms with van der Waals surface area (Å²) in [6.45, 7) is 0.340. The third-order valence-electron chi connectivity index (χ3n) is 5.96. The first kappa shape index (κ1) is 22.9. The lowest BCUT2D eigenvalue weighted by atomic mass is 10.1. The summed E-state index contributed by atoms with van der Waals surface area (Å²) in [6.07, 6.45) is 4.94. The van der Waals surface area contributed by atoms with Crippen LogP contribution in [-0.2, 0) is 11.3 Å². The average Bonchev–Trinajstić information content (AvgIpc) is 3.23. The number of para-hydroxylation sites is 1. The number of hydrogen-bond donors (Lipinski definition) is 2. The molecular formula is C26H19FIN5O2. The van der Waals surface area contributed by atoms with E-state index in [9.17, 15) is 14.0 Å². The molecular weight excluding hydrogens is 560 g/mol. The van der Waals surface area contributed by atoms with Crippen LogP contribution >= 0.6 is 0 Å². The van der Waals surface area contributed by atoms with Crippen LogP contribution in [0.2, 0.25) is 0 Å². The van der Waals surface area contributed by atoms with Crippen LogP contribution in [0.1, 0.15) is 6.42 Å². The molecule has 6 rings (SSSR count). The number of amides is 1. The molecule has 4 heterocycles. The highest BCUT2D eigenvalue weighted by Gasteiger charge is 2.14. The number of carbonyl (C=O) groups excluding carboxylic acids is 1. The first-order valence-electron chi connectivity index (χ1n) is 10.9. The van der Waals surface area contributed by atoms with Gasteiger partial charge in [-0.1, -0.05) is 18.2 Å². The van der Waals surface area contributed by atoms with Crippen molar-refractivity contribution in [2.45, 2.75) is 13.0 Å². The van der Waals surface area contributed by atoms with E-state index < -0.39 is 0 Å². The highest BCUT2D eigenvalue weighted by Crippen LogP contribution is 2.27. The third kappa shape index (κ3) is 4.12. The van der Waals surface area contributed by atoms with Crippen LogP contribution in [-0.4, -0.2) is 20.3 Å². The number of nitrogens with zero attached hydrogens (tertiary/aromatic N) is 3. The number of rotatable bonds is 4. The summed E-state index contributed by atoms with van der Waals surface area (Å²) in [5, 5.41) is 5.30. The van der Waals surface area contributed by atoms with Crippen molar-refractivity contribution in [2.75, 3.05) is 5.32 Å². The molecule has 2 aromatic carbocycles. The number of halogens is 2. The Bertz CT molecular complexity index is 1810. The molecule has 0 atom stereocenters. The number of benzene rings is 2. The molecule has 7 nitrogen and oxygen atoms in total. The smallest absolute Gasteiger partial charge is 0.265 e. The van der Waals surface area contributed by atoms with Gasteiger partial charge in [0.05, 0.1) is 22.8 Å². The number of aromatic nitrogens is 4. The summed E-state index contributed by atoms with van der Waals surface area (Å²) in [5.41, 5.74) is 3.17. The van der Waals surface area contributed by atoms with Crippen LogP contribution in [0.5, 0.6) is 0 Å². The summed E-state index contributed by atoms with van der Waals surface area (Å²) < 4.78 is 16.4. The van der Waals surface area contributed by atoms with Crippen molar-refractivity contribution in [1.82, 2.24) is 14.4 Å². The van der Waals surface area contributed by atoms with E-state index in [0.29, 0.717) is 28.8 Å². The molecule has 0 aliphatic heterocycles. The fourth-order valence-corrected chi connectivity index (χ4v) is 4.34. The monoisotopic (exact) mass is 579 g/mol. The van der Waals surface area contributed by atoms with E-state index in [2.05, 4.69) is 10.3 Å². The second-order valence-corrected chi connectivity index (χ2v) is 8.18. The molecule has 9 heteroatoms. The van der Waals surface area contributed by atoms with E-state index in [1.165, 1.54) is 16.7 Å². The van der Waals surface area contributed by atoms with Crippen LogP contribution in [0.4, 0.5) is 10.1 Å². The molecule has 0 saturated carbocycles. The van der Waals surface area contributed by atoms with Crippen LogP contribution in [0.15, 0.2) is 84.0 Å². The van der Waals surface area contributed by atoms with Gasteiger partial charge in [0.2, 0.25) is 12.1 Å². The summed E-state index contributed by atoms with van der Waals surface area (Å²) >= 11 is 0. The number of H-pyrrole nitrogens is 1. The molecule has 0 bridgehead atoms. The number of fused-ring (bicyclic) bond motifs is 6. The summed E-state index contributed by atoms with van der Waals surface area (Å²) in [6, 6.07) is 17.9. The maximum absolute atomic E-state index is 13.3. The Balaban J connectivity index is 0.00000253. The van der Waals surface area contributed by atoms with Gasteiger partial charge in [0.1, 0.15) is 0 Å². The quantitative estimate of drug-likeness (QED) is 0.186. The van der Waals surface area contributed by atoms with Crippen molar-refractivity contribution < 1.29 is 37.7 Å². The Morgan fingerprint density at radius 2 is 1.91 bits per heavy atom. The fourth-order valence-electron chi connectivity index (χ4n) is 4.34. The Morgan fingerprint density at radius 1 is 1.06 bits per heavy atom. The second-order valence-electron chi connectivity index (χ2n) is 8.18. The van der Waals surface area contributed by atoms with Gasteiger partial charge in [-0.05, 0) is 36.4 Å². The molecule has 2 N–H and O–H groups in total. The zero-order valence-corrected chi connectivity index (χ0v) is 20.5. The lowest BCUT2D eigenvalue weighted by molar-refractivity contribution is -0.697. The van der Waals surface area contributed by atoms with Gasteiger partial charge >= 0.3 is 0 Å². The average molecular weight is 579 g/mol. The lowest BCUT2D eigenvalue weighted by Gasteiger charge is -2.08. The first-order valence-corrected chi connectivity index (χ1v) is 10.9. The van der Waals surface area contributed by atoms with Crippen LogP contribution in [0.3, 0.4) is 0 Å². The van der Waals surface area contributed by atoms with Crippen LogP contribution < -0.4 is 39.4 Å². The van der Waals surface area contributed by atoms with Crippen LogP contribution in [0, 0.1) is 5.82 Å². The van der Waals surface area contributed by atoms with Crippen molar-refractivity contribution >= 4 is 50.0 Å². The van der Waals surface area contributed by atoms with Gasteiger partial charge in [-0.25, -0.2) is 13.9 Å². The molecule has 35 heavy (non-hydrogen) atoms. The second kappa shape index (κ2) is 9.06. The largest absolute Gasteiger partial charge is 1.00 e. The van der Waals surface area contributed by atoms with Gasteiger partial charge in [-0.2, -0.15) is 0 Å². The minimum Gasteiger partial charge on any atom is -1.00 e. The van der Waals surface area contributed by atoms with Gasteiger partial charge in [0.15, 0.2) is 24.2 Å². The highest BCUT2D eigenvalue weighted by atomic mass is 127. The molecule has 6 aromatic rings. The van der Waals surface area contributed by atoms with Crippen molar-refractivity contribution in [3.63, 3.8) is 0 Å².